The molecule has 0 unspecified atom stereocenters. The Kier molecular flexibility index (Phi) is 2.92. The van der Waals surface area contributed by atoms with Crippen molar-refractivity contribution in [1.82, 2.24) is 15.2 Å². The summed E-state index contributed by atoms with van der Waals surface area (Å²) in [5, 5.41) is 7.84. The minimum absolute atomic E-state index is 0.809. The minimum atomic E-state index is 0.809. The number of halogens is 1. The summed E-state index contributed by atoms with van der Waals surface area (Å²) in [6, 6.07) is 3.89. The largest absolute Gasteiger partial charge is 0.265 e. The van der Waals surface area contributed by atoms with Crippen LogP contribution >= 0.6 is 39.0 Å². The van der Waals surface area contributed by atoms with Gasteiger partial charge in [0.1, 0.15) is 0 Å². The molecular weight excluding hydrogens is 270 g/mol. The number of nitrogens with zero attached hydrogens (tertiary/aromatic N) is 3. The van der Waals surface area contributed by atoms with Crippen molar-refractivity contribution in [1.29, 1.82) is 0 Å². The molecular formula is C7H4BrN3S2. The van der Waals surface area contributed by atoms with Gasteiger partial charge in [-0.1, -0.05) is 23.1 Å². The summed E-state index contributed by atoms with van der Waals surface area (Å²) in [6.45, 7) is 0. The Morgan fingerprint density at radius 1 is 1.23 bits per heavy atom. The Balaban J connectivity index is 2.15. The first-order chi connectivity index (χ1) is 6.34. The average Bonchev–Trinajstić information content (AvgIpc) is 2.53. The van der Waals surface area contributed by atoms with Gasteiger partial charge in [0, 0.05) is 17.3 Å². The van der Waals surface area contributed by atoms with Crippen LogP contribution in [0, 0.1) is 0 Å². The molecule has 2 rings (SSSR count). The molecule has 0 N–H and O–H groups in total. The first-order valence-corrected chi connectivity index (χ1v) is 5.84. The molecule has 66 valence electrons. The van der Waals surface area contributed by atoms with Gasteiger partial charge in [-0.15, -0.1) is 10.2 Å². The molecule has 0 saturated heterocycles. The molecule has 0 radical (unpaired) electrons. The average molecular weight is 274 g/mol. The molecule has 0 spiro atoms. The second-order valence-corrected chi connectivity index (χ2v) is 5.68. The van der Waals surface area contributed by atoms with E-state index in [1.54, 1.807) is 24.2 Å². The molecule has 0 amide bonds. The third-order valence-electron chi connectivity index (χ3n) is 1.24. The van der Waals surface area contributed by atoms with Crippen LogP contribution in [0.15, 0.2) is 37.7 Å². The molecule has 0 atom stereocenters. The zero-order valence-electron chi connectivity index (χ0n) is 6.35. The van der Waals surface area contributed by atoms with Crippen LogP contribution in [0.2, 0.25) is 0 Å². The van der Waals surface area contributed by atoms with E-state index in [4.69, 9.17) is 0 Å². The van der Waals surface area contributed by atoms with Gasteiger partial charge in [0.05, 0.1) is 0 Å². The van der Waals surface area contributed by atoms with Gasteiger partial charge in [-0.25, -0.2) is 0 Å². The Labute approximate surface area is 91.7 Å². The predicted octanol–water partition coefficient (Wildman–Crippen LogP) is 2.85. The van der Waals surface area contributed by atoms with E-state index >= 15 is 0 Å². The van der Waals surface area contributed by atoms with E-state index in [9.17, 15) is 0 Å². The van der Waals surface area contributed by atoms with Gasteiger partial charge >= 0.3 is 0 Å². The third kappa shape index (κ3) is 2.49. The van der Waals surface area contributed by atoms with E-state index in [-0.39, 0.29) is 0 Å². The SMILES string of the molecule is Brc1nnc(Sc2ccncc2)s1. The second kappa shape index (κ2) is 4.17. The summed E-state index contributed by atoms with van der Waals surface area (Å²) >= 11 is 6.37. The highest BCUT2D eigenvalue weighted by atomic mass is 79.9. The smallest absolute Gasteiger partial charge is 0.184 e. The number of aromatic nitrogens is 3. The molecule has 0 bridgehead atoms. The van der Waals surface area contributed by atoms with E-state index < -0.39 is 0 Å². The Bertz CT molecular complexity index is 390. The van der Waals surface area contributed by atoms with Gasteiger partial charge in [-0.05, 0) is 28.1 Å². The van der Waals surface area contributed by atoms with Crippen LogP contribution in [-0.2, 0) is 0 Å². The summed E-state index contributed by atoms with van der Waals surface area (Å²) in [5.41, 5.74) is 0. The van der Waals surface area contributed by atoms with Crippen LogP contribution < -0.4 is 0 Å². The lowest BCUT2D eigenvalue weighted by atomic mass is 10.5. The van der Waals surface area contributed by atoms with Crippen LogP contribution in [0.4, 0.5) is 0 Å². The normalized spacial score (nSPS) is 10.2. The lowest BCUT2D eigenvalue weighted by Crippen LogP contribution is -1.73. The molecule has 0 saturated carbocycles. The van der Waals surface area contributed by atoms with Gasteiger partial charge < -0.3 is 0 Å². The molecule has 0 aromatic carbocycles. The van der Waals surface area contributed by atoms with Crippen molar-refractivity contribution >= 4 is 39.0 Å². The Morgan fingerprint density at radius 3 is 2.62 bits per heavy atom. The Hall–Kier alpha value is -0.460. The number of rotatable bonds is 2. The second-order valence-electron chi connectivity index (χ2n) is 2.11. The molecule has 2 aromatic heterocycles. The maximum absolute atomic E-state index is 3.98. The summed E-state index contributed by atoms with van der Waals surface area (Å²) in [7, 11) is 0. The van der Waals surface area contributed by atoms with Crippen molar-refractivity contribution in [2.24, 2.45) is 0 Å². The highest BCUT2D eigenvalue weighted by molar-refractivity contribution is 9.11. The van der Waals surface area contributed by atoms with Crippen LogP contribution in [0.5, 0.6) is 0 Å². The van der Waals surface area contributed by atoms with Crippen molar-refractivity contribution in [2.75, 3.05) is 0 Å². The Morgan fingerprint density at radius 2 is 2.00 bits per heavy atom. The lowest BCUT2D eigenvalue weighted by molar-refractivity contribution is 0.997. The number of hydrogen-bond donors (Lipinski definition) is 0. The van der Waals surface area contributed by atoms with E-state index in [1.807, 2.05) is 12.1 Å². The van der Waals surface area contributed by atoms with Gasteiger partial charge in [-0.3, -0.25) is 4.98 Å². The summed E-state index contributed by atoms with van der Waals surface area (Å²) in [5.74, 6) is 0. The van der Waals surface area contributed by atoms with Gasteiger partial charge in [0.25, 0.3) is 0 Å². The molecule has 13 heavy (non-hydrogen) atoms. The van der Waals surface area contributed by atoms with Crippen molar-refractivity contribution in [3.63, 3.8) is 0 Å². The van der Waals surface area contributed by atoms with Crippen molar-refractivity contribution in [2.45, 2.75) is 9.24 Å². The molecule has 0 aliphatic carbocycles. The highest BCUT2D eigenvalue weighted by Gasteiger charge is 2.02. The summed E-state index contributed by atoms with van der Waals surface area (Å²) in [4.78, 5) is 5.06. The maximum atomic E-state index is 3.98. The standard InChI is InChI=1S/C7H4BrN3S2/c8-6-10-11-7(13-6)12-5-1-3-9-4-2-5/h1-4H. The molecule has 3 nitrogen and oxygen atoms in total. The minimum Gasteiger partial charge on any atom is -0.265 e. The summed E-state index contributed by atoms with van der Waals surface area (Å²) in [6.07, 6.45) is 3.52. The number of pyridine rings is 1. The first-order valence-electron chi connectivity index (χ1n) is 3.41. The molecule has 0 fully saturated rings. The topological polar surface area (TPSA) is 38.7 Å². The van der Waals surface area contributed by atoms with E-state index in [2.05, 4.69) is 31.1 Å². The molecule has 2 aromatic rings. The molecule has 6 heteroatoms. The zero-order chi connectivity index (χ0) is 9.10. The third-order valence-corrected chi connectivity index (χ3v) is 3.65. The van der Waals surface area contributed by atoms with Crippen LogP contribution in [0.25, 0.3) is 0 Å². The molecule has 0 aliphatic rings. The van der Waals surface area contributed by atoms with Gasteiger partial charge in [-0.2, -0.15) is 0 Å². The fourth-order valence-corrected chi connectivity index (χ4v) is 3.14. The van der Waals surface area contributed by atoms with E-state index in [0.29, 0.717) is 0 Å². The first kappa shape index (κ1) is 9.11. The van der Waals surface area contributed by atoms with E-state index in [1.165, 1.54) is 11.3 Å². The van der Waals surface area contributed by atoms with Crippen molar-refractivity contribution in [3.05, 3.63) is 28.4 Å². The van der Waals surface area contributed by atoms with Crippen molar-refractivity contribution < 1.29 is 0 Å². The monoisotopic (exact) mass is 273 g/mol. The quantitative estimate of drug-likeness (QED) is 0.844. The fourth-order valence-electron chi connectivity index (χ4n) is 0.741. The fraction of sp³-hybridized carbons (Fsp3) is 0. The molecule has 0 aliphatic heterocycles. The van der Waals surface area contributed by atoms with Crippen LogP contribution in [0.3, 0.4) is 0 Å². The summed E-state index contributed by atoms with van der Waals surface area (Å²) < 4.78 is 1.74. The number of hydrogen-bond acceptors (Lipinski definition) is 5. The van der Waals surface area contributed by atoms with Crippen molar-refractivity contribution in [3.8, 4) is 0 Å². The van der Waals surface area contributed by atoms with Gasteiger partial charge in [0.15, 0.2) is 8.26 Å². The van der Waals surface area contributed by atoms with Gasteiger partial charge in [0.2, 0.25) is 0 Å². The predicted molar refractivity (Wildman–Crippen MR) is 56.0 cm³/mol. The lowest BCUT2D eigenvalue weighted by Gasteiger charge is -1.93. The van der Waals surface area contributed by atoms with E-state index in [0.717, 1.165) is 13.2 Å². The van der Waals surface area contributed by atoms with Crippen LogP contribution in [-0.4, -0.2) is 15.2 Å². The highest BCUT2D eigenvalue weighted by Crippen LogP contribution is 2.30. The maximum Gasteiger partial charge on any atom is 0.184 e. The van der Waals surface area contributed by atoms with Crippen LogP contribution in [0.1, 0.15) is 0 Å². The zero-order valence-corrected chi connectivity index (χ0v) is 9.56. The molecule has 2 heterocycles.